The van der Waals surface area contributed by atoms with Crippen molar-refractivity contribution < 1.29 is 19.2 Å². The number of likely N-dealkylation sites (N-methyl/N-ethyl adjacent to an activating group) is 1. The van der Waals surface area contributed by atoms with Gasteiger partial charge in [0, 0.05) is 35.3 Å². The summed E-state index contributed by atoms with van der Waals surface area (Å²) in [4.78, 5) is 25.5. The number of nitrogens with zero attached hydrogens (tertiary/aromatic N) is 2. The van der Waals surface area contributed by atoms with Gasteiger partial charge in [-0.1, -0.05) is 12.1 Å². The number of anilines is 1. The second-order valence-corrected chi connectivity index (χ2v) is 8.85. The molecule has 9 nitrogen and oxygen atoms in total. The summed E-state index contributed by atoms with van der Waals surface area (Å²) in [6, 6.07) is 12.1. The van der Waals surface area contributed by atoms with Crippen molar-refractivity contribution in [1.82, 2.24) is 10.2 Å². The van der Waals surface area contributed by atoms with Gasteiger partial charge in [0.2, 0.25) is 0 Å². The average molecular weight is 455 g/mol. The van der Waals surface area contributed by atoms with Gasteiger partial charge >= 0.3 is 6.03 Å². The molecule has 0 radical (unpaired) electrons. The molecule has 2 N–H and O–H groups in total. The predicted octanol–water partition coefficient (Wildman–Crippen LogP) is 3.93. The van der Waals surface area contributed by atoms with Crippen molar-refractivity contribution in [3.05, 3.63) is 58.1 Å². The van der Waals surface area contributed by atoms with Crippen LogP contribution in [0, 0.1) is 10.1 Å². The van der Waals surface area contributed by atoms with Crippen molar-refractivity contribution in [2.75, 3.05) is 33.1 Å². The molecule has 1 heterocycles. The maximum absolute atomic E-state index is 12.6. The first kappa shape index (κ1) is 22.8. The van der Waals surface area contributed by atoms with Crippen molar-refractivity contribution in [1.29, 1.82) is 0 Å². The lowest BCUT2D eigenvalue weighted by Crippen LogP contribution is -2.52. The number of carbonyl (C=O) groups is 1. The monoisotopic (exact) mass is 454 g/mol. The molecule has 9 heteroatoms. The van der Waals surface area contributed by atoms with Gasteiger partial charge in [-0.25, -0.2) is 4.79 Å². The Kier molecular flexibility index (Phi) is 6.42. The SMILES string of the molecule is COc1ccc(C23CCC(NC(=O)Nc4cccc([N+](=O)[O-])c4)CC2N(C)CC3)cc1OC. The van der Waals surface area contributed by atoms with Gasteiger partial charge in [0.15, 0.2) is 11.5 Å². The molecule has 0 bridgehead atoms. The minimum atomic E-state index is -0.478. The Morgan fingerprint density at radius 3 is 2.67 bits per heavy atom. The molecule has 2 amide bonds. The van der Waals surface area contributed by atoms with Gasteiger partial charge in [-0.2, -0.15) is 0 Å². The molecular weight excluding hydrogens is 424 g/mol. The number of nitrogens with one attached hydrogen (secondary N) is 2. The van der Waals surface area contributed by atoms with Crippen LogP contribution in [0.1, 0.15) is 31.2 Å². The van der Waals surface area contributed by atoms with Gasteiger partial charge < -0.3 is 25.0 Å². The van der Waals surface area contributed by atoms with E-state index in [4.69, 9.17) is 9.47 Å². The summed E-state index contributed by atoms with van der Waals surface area (Å²) in [5.41, 5.74) is 1.59. The van der Waals surface area contributed by atoms with Crippen LogP contribution in [0.3, 0.4) is 0 Å². The van der Waals surface area contributed by atoms with E-state index in [9.17, 15) is 14.9 Å². The summed E-state index contributed by atoms with van der Waals surface area (Å²) in [6.45, 7) is 0.992. The van der Waals surface area contributed by atoms with Crippen LogP contribution in [0.2, 0.25) is 0 Å². The van der Waals surface area contributed by atoms with Gasteiger partial charge in [-0.3, -0.25) is 10.1 Å². The number of hydrogen-bond acceptors (Lipinski definition) is 6. The lowest BCUT2D eigenvalue weighted by molar-refractivity contribution is -0.384. The van der Waals surface area contributed by atoms with E-state index in [2.05, 4.69) is 34.7 Å². The van der Waals surface area contributed by atoms with Gasteiger partial charge in [0.1, 0.15) is 0 Å². The number of methoxy groups -OCH3 is 2. The third-order valence-electron chi connectivity index (χ3n) is 7.14. The van der Waals surface area contributed by atoms with Crippen molar-refractivity contribution in [3.8, 4) is 11.5 Å². The molecule has 2 aromatic carbocycles. The Hall–Kier alpha value is -3.33. The van der Waals surface area contributed by atoms with Crippen LogP contribution in [-0.2, 0) is 5.41 Å². The maximum Gasteiger partial charge on any atom is 0.319 e. The van der Waals surface area contributed by atoms with E-state index >= 15 is 0 Å². The molecule has 1 aliphatic carbocycles. The second kappa shape index (κ2) is 9.27. The number of hydrogen-bond donors (Lipinski definition) is 2. The third kappa shape index (κ3) is 4.45. The Morgan fingerprint density at radius 2 is 1.94 bits per heavy atom. The lowest BCUT2D eigenvalue weighted by atomic mass is 9.65. The highest BCUT2D eigenvalue weighted by Gasteiger charge is 2.50. The van der Waals surface area contributed by atoms with Crippen molar-refractivity contribution in [2.24, 2.45) is 0 Å². The standard InChI is InChI=1S/C24H30N4O5/c1-27-12-11-24(16-7-8-20(32-2)21(13-16)33-3)10-9-18(15-22(24)27)26-23(29)25-17-5-4-6-19(14-17)28(30)31/h4-8,13-14,18,22H,9-12,15H2,1-3H3,(H2,25,26,29). The van der Waals surface area contributed by atoms with E-state index < -0.39 is 4.92 Å². The first-order chi connectivity index (χ1) is 15.9. The topological polar surface area (TPSA) is 106 Å². The van der Waals surface area contributed by atoms with Gasteiger partial charge in [-0.05, 0) is 63.0 Å². The van der Waals surface area contributed by atoms with E-state index in [1.54, 1.807) is 26.4 Å². The van der Waals surface area contributed by atoms with E-state index in [0.29, 0.717) is 11.4 Å². The minimum Gasteiger partial charge on any atom is -0.493 e. The largest absolute Gasteiger partial charge is 0.493 e. The molecule has 2 aromatic rings. The Balaban J connectivity index is 1.47. The molecule has 0 aromatic heterocycles. The summed E-state index contributed by atoms with van der Waals surface area (Å²) in [5.74, 6) is 1.45. The number of ether oxygens (including phenoxy) is 2. The maximum atomic E-state index is 12.6. The average Bonchev–Trinajstić information content (AvgIpc) is 3.15. The highest BCUT2D eigenvalue weighted by atomic mass is 16.6. The number of rotatable bonds is 6. The fourth-order valence-corrected chi connectivity index (χ4v) is 5.44. The van der Waals surface area contributed by atoms with Crippen LogP contribution in [0.5, 0.6) is 11.5 Å². The number of urea groups is 1. The highest BCUT2D eigenvalue weighted by Crippen LogP contribution is 2.49. The summed E-state index contributed by atoms with van der Waals surface area (Å²) < 4.78 is 11.0. The lowest BCUT2D eigenvalue weighted by Gasteiger charge is -2.45. The van der Waals surface area contributed by atoms with Crippen LogP contribution >= 0.6 is 0 Å². The number of nitro groups is 1. The number of fused-ring (bicyclic) bond motifs is 1. The van der Waals surface area contributed by atoms with Gasteiger partial charge in [-0.15, -0.1) is 0 Å². The van der Waals surface area contributed by atoms with Crippen molar-refractivity contribution in [3.63, 3.8) is 0 Å². The molecule has 2 aliphatic rings. The molecule has 4 rings (SSSR count). The van der Waals surface area contributed by atoms with Crippen LogP contribution in [0.4, 0.5) is 16.2 Å². The molecule has 1 saturated carbocycles. The first-order valence-electron chi connectivity index (χ1n) is 11.1. The Bertz CT molecular complexity index is 1050. The zero-order valence-corrected chi connectivity index (χ0v) is 19.2. The first-order valence-corrected chi connectivity index (χ1v) is 11.1. The zero-order valence-electron chi connectivity index (χ0n) is 19.2. The molecule has 3 unspecified atom stereocenters. The fourth-order valence-electron chi connectivity index (χ4n) is 5.44. The van der Waals surface area contributed by atoms with Crippen molar-refractivity contribution in [2.45, 2.75) is 43.2 Å². The third-order valence-corrected chi connectivity index (χ3v) is 7.14. The molecule has 1 saturated heterocycles. The minimum absolute atomic E-state index is 0.00298. The van der Waals surface area contributed by atoms with E-state index in [-0.39, 0.29) is 29.2 Å². The van der Waals surface area contributed by atoms with E-state index in [0.717, 1.165) is 38.0 Å². The number of nitro benzene ring substituents is 1. The predicted molar refractivity (Wildman–Crippen MR) is 125 cm³/mol. The molecule has 176 valence electrons. The molecule has 2 fully saturated rings. The highest BCUT2D eigenvalue weighted by molar-refractivity contribution is 5.89. The number of amides is 2. The molecule has 33 heavy (non-hydrogen) atoms. The molecular formula is C24H30N4O5. The summed E-state index contributed by atoms with van der Waals surface area (Å²) >= 11 is 0. The zero-order chi connectivity index (χ0) is 23.6. The smallest absolute Gasteiger partial charge is 0.319 e. The van der Waals surface area contributed by atoms with Gasteiger partial charge in [0.25, 0.3) is 5.69 Å². The van der Waals surface area contributed by atoms with Crippen molar-refractivity contribution >= 4 is 17.4 Å². The van der Waals surface area contributed by atoms with Crippen LogP contribution in [0.25, 0.3) is 0 Å². The van der Waals surface area contributed by atoms with E-state index in [1.807, 2.05) is 6.07 Å². The Labute approximate surface area is 193 Å². The quantitative estimate of drug-likeness (QED) is 0.506. The van der Waals surface area contributed by atoms with Crippen LogP contribution < -0.4 is 20.1 Å². The van der Waals surface area contributed by atoms with Crippen LogP contribution in [0.15, 0.2) is 42.5 Å². The number of likely N-dealkylation sites (tertiary alicyclic amines) is 1. The summed E-state index contributed by atoms with van der Waals surface area (Å²) in [6.07, 6.45) is 3.67. The number of carbonyl (C=O) groups excluding carboxylic acids is 1. The van der Waals surface area contributed by atoms with E-state index in [1.165, 1.54) is 17.7 Å². The fraction of sp³-hybridized carbons (Fsp3) is 0.458. The van der Waals surface area contributed by atoms with Gasteiger partial charge in [0.05, 0.1) is 19.1 Å². The van der Waals surface area contributed by atoms with Crippen LogP contribution in [-0.4, -0.2) is 55.8 Å². The normalized spacial score (nSPS) is 24.6. The number of non-ortho nitro benzene ring substituents is 1. The second-order valence-electron chi connectivity index (χ2n) is 8.85. The summed E-state index contributed by atoms with van der Waals surface area (Å²) in [5, 5.41) is 16.8. The molecule has 1 aliphatic heterocycles. The molecule has 3 atom stereocenters. The Morgan fingerprint density at radius 1 is 1.15 bits per heavy atom. The number of benzene rings is 2. The molecule has 0 spiro atoms. The summed E-state index contributed by atoms with van der Waals surface area (Å²) in [7, 11) is 5.43.